The van der Waals surface area contributed by atoms with Crippen molar-refractivity contribution in [3.05, 3.63) is 0 Å². The normalized spacial score (nSPS) is 34.7. The molecule has 5 nitrogen and oxygen atoms in total. The number of carbonyl (C=O) groups is 1. The van der Waals surface area contributed by atoms with Gasteiger partial charge in [-0.2, -0.15) is 0 Å². The Bertz CT molecular complexity index is 427. The van der Waals surface area contributed by atoms with Crippen LogP contribution >= 0.6 is 0 Å². The molecule has 0 aliphatic carbocycles. The van der Waals surface area contributed by atoms with Gasteiger partial charge in [-0.25, -0.2) is 8.42 Å². The first-order valence-electron chi connectivity index (χ1n) is 7.13. The molecule has 2 saturated heterocycles. The molecule has 0 aromatic carbocycles. The molecule has 0 aromatic rings. The van der Waals surface area contributed by atoms with Gasteiger partial charge in [0, 0.05) is 13.1 Å². The van der Waals surface area contributed by atoms with Crippen LogP contribution in [0, 0.1) is 5.41 Å². The molecular formula is C13H24N2O3S. The summed E-state index contributed by atoms with van der Waals surface area (Å²) in [6.45, 7) is 4.60. The lowest BCUT2D eigenvalue weighted by Gasteiger charge is -2.34. The van der Waals surface area contributed by atoms with E-state index < -0.39 is 15.1 Å². The highest BCUT2D eigenvalue weighted by molar-refractivity contribution is 7.92. The van der Waals surface area contributed by atoms with Crippen LogP contribution in [0.2, 0.25) is 0 Å². The fourth-order valence-corrected chi connectivity index (χ4v) is 4.76. The Hall–Kier alpha value is -0.620. The fraction of sp³-hybridized carbons (Fsp3) is 0.923. The quantitative estimate of drug-likeness (QED) is 0.791. The molecule has 2 rings (SSSR count). The molecule has 2 heterocycles. The Balaban J connectivity index is 1.90. The van der Waals surface area contributed by atoms with E-state index in [1.54, 1.807) is 0 Å². The zero-order valence-corrected chi connectivity index (χ0v) is 12.4. The Labute approximate surface area is 115 Å². The van der Waals surface area contributed by atoms with Gasteiger partial charge in [-0.3, -0.25) is 4.79 Å². The van der Waals surface area contributed by atoms with Crippen molar-refractivity contribution >= 4 is 15.7 Å². The molecule has 2 aliphatic rings. The fourth-order valence-electron chi connectivity index (χ4n) is 2.93. The third kappa shape index (κ3) is 3.69. The largest absolute Gasteiger partial charge is 0.354 e. The molecule has 2 aliphatic heterocycles. The first-order valence-corrected chi connectivity index (χ1v) is 8.85. The molecule has 0 radical (unpaired) electrons. The number of sulfone groups is 1. The molecule has 2 fully saturated rings. The van der Waals surface area contributed by atoms with Gasteiger partial charge in [0.15, 0.2) is 9.84 Å². The number of rotatable bonds is 3. The molecular weight excluding hydrogens is 264 g/mol. The van der Waals surface area contributed by atoms with Gasteiger partial charge in [-0.05, 0) is 37.6 Å². The highest BCUT2D eigenvalue weighted by Gasteiger charge is 2.36. The minimum atomic E-state index is -3.22. The zero-order valence-electron chi connectivity index (χ0n) is 11.6. The summed E-state index contributed by atoms with van der Waals surface area (Å²) < 4.78 is 23.8. The van der Waals surface area contributed by atoms with E-state index in [0.29, 0.717) is 19.4 Å². The SMILES string of the molecule is CC1(CNC(=O)C2CCCCS2(=O)=O)CCCNC1. The first-order chi connectivity index (χ1) is 8.93. The average molecular weight is 288 g/mol. The van der Waals surface area contributed by atoms with Gasteiger partial charge in [-0.15, -0.1) is 0 Å². The lowest BCUT2D eigenvalue weighted by Crippen LogP contribution is -2.49. The molecule has 6 heteroatoms. The van der Waals surface area contributed by atoms with Crippen molar-refractivity contribution < 1.29 is 13.2 Å². The van der Waals surface area contributed by atoms with Crippen molar-refractivity contribution in [2.75, 3.05) is 25.4 Å². The van der Waals surface area contributed by atoms with Crippen molar-refractivity contribution in [3.8, 4) is 0 Å². The second kappa shape index (κ2) is 5.79. The standard InChI is InChI=1S/C13H24N2O3S/c1-13(6-4-7-14-9-13)10-15-12(16)11-5-2-3-8-19(11,17)18/h11,14H,2-10H2,1H3,(H,15,16). The summed E-state index contributed by atoms with van der Waals surface area (Å²) in [5.41, 5.74) is 0.0480. The Kier molecular flexibility index (Phi) is 4.50. The predicted octanol–water partition coefficient (Wildman–Crippen LogP) is 0.460. The van der Waals surface area contributed by atoms with E-state index in [-0.39, 0.29) is 17.1 Å². The van der Waals surface area contributed by atoms with E-state index in [2.05, 4.69) is 17.6 Å². The molecule has 2 N–H and O–H groups in total. The van der Waals surface area contributed by atoms with Crippen LogP contribution in [0.5, 0.6) is 0 Å². The van der Waals surface area contributed by atoms with Gasteiger partial charge >= 0.3 is 0 Å². The lowest BCUT2D eigenvalue weighted by molar-refractivity contribution is -0.121. The molecule has 0 aromatic heterocycles. The van der Waals surface area contributed by atoms with Crippen molar-refractivity contribution in [2.24, 2.45) is 5.41 Å². The molecule has 2 unspecified atom stereocenters. The van der Waals surface area contributed by atoms with Crippen LogP contribution in [0.15, 0.2) is 0 Å². The van der Waals surface area contributed by atoms with Crippen LogP contribution in [0.25, 0.3) is 0 Å². The van der Waals surface area contributed by atoms with Gasteiger partial charge in [0.05, 0.1) is 5.75 Å². The maximum absolute atomic E-state index is 12.1. The number of amides is 1. The summed E-state index contributed by atoms with van der Waals surface area (Å²) >= 11 is 0. The lowest BCUT2D eigenvalue weighted by atomic mass is 9.83. The zero-order chi connectivity index (χ0) is 13.9. The number of hydrogen-bond donors (Lipinski definition) is 2. The molecule has 19 heavy (non-hydrogen) atoms. The topological polar surface area (TPSA) is 75.3 Å². The van der Waals surface area contributed by atoms with Crippen LogP contribution in [-0.2, 0) is 14.6 Å². The molecule has 0 spiro atoms. The highest BCUT2D eigenvalue weighted by atomic mass is 32.2. The van der Waals surface area contributed by atoms with E-state index in [1.165, 1.54) is 0 Å². The minimum Gasteiger partial charge on any atom is -0.354 e. The average Bonchev–Trinajstić information content (AvgIpc) is 2.36. The number of hydrogen-bond acceptors (Lipinski definition) is 4. The second-order valence-corrected chi connectivity index (χ2v) is 8.46. The molecule has 2 atom stereocenters. The van der Waals surface area contributed by atoms with E-state index in [9.17, 15) is 13.2 Å². The molecule has 110 valence electrons. The van der Waals surface area contributed by atoms with Gasteiger partial charge in [0.25, 0.3) is 0 Å². The van der Waals surface area contributed by atoms with E-state index >= 15 is 0 Å². The van der Waals surface area contributed by atoms with Crippen molar-refractivity contribution in [1.82, 2.24) is 10.6 Å². The maximum atomic E-state index is 12.1. The third-order valence-corrected chi connectivity index (χ3v) is 6.42. The van der Waals surface area contributed by atoms with E-state index in [0.717, 1.165) is 32.4 Å². The minimum absolute atomic E-state index is 0.0480. The Morgan fingerprint density at radius 3 is 2.79 bits per heavy atom. The summed E-state index contributed by atoms with van der Waals surface area (Å²) in [5.74, 6) is -0.143. The van der Waals surface area contributed by atoms with Gasteiger partial charge in [-0.1, -0.05) is 13.3 Å². The number of nitrogens with one attached hydrogen (secondary N) is 2. The number of piperidine rings is 1. The van der Waals surface area contributed by atoms with E-state index in [4.69, 9.17) is 0 Å². The summed E-state index contributed by atoms with van der Waals surface area (Å²) in [6.07, 6.45) is 4.17. The Morgan fingerprint density at radius 2 is 2.16 bits per heavy atom. The van der Waals surface area contributed by atoms with Crippen LogP contribution in [-0.4, -0.2) is 45.0 Å². The summed E-state index contributed by atoms with van der Waals surface area (Å²) in [5, 5.41) is 5.37. The summed E-state index contributed by atoms with van der Waals surface area (Å²) in [7, 11) is -3.22. The van der Waals surface area contributed by atoms with E-state index in [1.807, 2.05) is 0 Å². The Morgan fingerprint density at radius 1 is 1.37 bits per heavy atom. The third-order valence-electron chi connectivity index (χ3n) is 4.25. The van der Waals surface area contributed by atoms with Gasteiger partial charge < -0.3 is 10.6 Å². The summed E-state index contributed by atoms with van der Waals surface area (Å²) in [6, 6.07) is 0. The maximum Gasteiger partial charge on any atom is 0.238 e. The predicted molar refractivity (Wildman–Crippen MR) is 74.6 cm³/mol. The monoisotopic (exact) mass is 288 g/mol. The van der Waals surface area contributed by atoms with Crippen LogP contribution in [0.1, 0.15) is 39.0 Å². The second-order valence-electron chi connectivity index (χ2n) is 6.16. The number of carbonyl (C=O) groups excluding carboxylic acids is 1. The van der Waals surface area contributed by atoms with Gasteiger partial charge in [0.1, 0.15) is 5.25 Å². The van der Waals surface area contributed by atoms with Crippen LogP contribution in [0.3, 0.4) is 0 Å². The summed E-state index contributed by atoms with van der Waals surface area (Å²) in [4.78, 5) is 12.1. The highest BCUT2D eigenvalue weighted by Crippen LogP contribution is 2.25. The smallest absolute Gasteiger partial charge is 0.238 e. The molecule has 1 amide bonds. The first kappa shape index (κ1) is 14.8. The van der Waals surface area contributed by atoms with Crippen molar-refractivity contribution in [2.45, 2.75) is 44.3 Å². The van der Waals surface area contributed by atoms with Gasteiger partial charge in [0.2, 0.25) is 5.91 Å². The van der Waals surface area contributed by atoms with Crippen molar-refractivity contribution in [1.29, 1.82) is 0 Å². The van der Waals surface area contributed by atoms with Crippen LogP contribution < -0.4 is 10.6 Å². The molecule has 0 bridgehead atoms. The van der Waals surface area contributed by atoms with Crippen LogP contribution in [0.4, 0.5) is 0 Å². The van der Waals surface area contributed by atoms with Crippen molar-refractivity contribution in [3.63, 3.8) is 0 Å². The molecule has 0 saturated carbocycles.